The number of halogens is 1. The van der Waals surface area contributed by atoms with E-state index in [4.69, 9.17) is 10.3 Å². The maximum atomic E-state index is 13.1. The third kappa shape index (κ3) is 2.35. The molecule has 3 aromatic rings. The Labute approximate surface area is 120 Å². The Balaban J connectivity index is 2.21. The Hall–Kier alpha value is -2.76. The summed E-state index contributed by atoms with van der Waals surface area (Å²) in [5, 5.41) is 11.9. The van der Waals surface area contributed by atoms with E-state index in [1.165, 1.54) is 12.1 Å². The van der Waals surface area contributed by atoms with Gasteiger partial charge in [-0.25, -0.2) is 4.39 Å². The molecule has 1 aromatic carbocycles. The molecule has 0 bridgehead atoms. The van der Waals surface area contributed by atoms with Crippen LogP contribution >= 0.6 is 0 Å². The number of aryl methyl sites for hydroxylation is 2. The van der Waals surface area contributed by atoms with Gasteiger partial charge in [-0.1, -0.05) is 17.3 Å². The second kappa shape index (κ2) is 4.97. The van der Waals surface area contributed by atoms with Crippen LogP contribution in [0.3, 0.4) is 0 Å². The van der Waals surface area contributed by atoms with Gasteiger partial charge >= 0.3 is 0 Å². The molecule has 0 amide bonds. The van der Waals surface area contributed by atoms with Gasteiger partial charge in [-0.3, -0.25) is 0 Å². The van der Waals surface area contributed by atoms with Crippen molar-refractivity contribution in [3.8, 4) is 22.5 Å². The first-order valence-electron chi connectivity index (χ1n) is 6.38. The minimum absolute atomic E-state index is 0.255. The molecule has 21 heavy (non-hydrogen) atoms. The molecule has 0 aliphatic heterocycles. The average molecular weight is 284 g/mol. The predicted octanol–water partition coefficient (Wildman–Crippen LogP) is 3.14. The quantitative estimate of drug-likeness (QED) is 0.782. The van der Waals surface area contributed by atoms with Crippen molar-refractivity contribution in [3.05, 3.63) is 47.5 Å². The molecule has 2 N–H and O–H groups in total. The number of nitrogens with two attached hydrogens (primary N) is 1. The maximum Gasteiger partial charge on any atom is 0.178 e. The monoisotopic (exact) mass is 284 g/mol. The van der Waals surface area contributed by atoms with Crippen molar-refractivity contribution < 1.29 is 8.91 Å². The molecule has 0 atom stereocenters. The highest BCUT2D eigenvalue weighted by atomic mass is 19.1. The van der Waals surface area contributed by atoms with E-state index in [2.05, 4.69) is 15.4 Å². The van der Waals surface area contributed by atoms with Crippen LogP contribution in [0.2, 0.25) is 0 Å². The normalized spacial score (nSPS) is 10.8. The van der Waals surface area contributed by atoms with Gasteiger partial charge in [0.2, 0.25) is 0 Å². The smallest absolute Gasteiger partial charge is 0.178 e. The van der Waals surface area contributed by atoms with Crippen molar-refractivity contribution in [1.82, 2.24) is 15.4 Å². The van der Waals surface area contributed by atoms with E-state index >= 15 is 0 Å². The number of nitrogen functional groups attached to an aromatic ring is 1. The number of benzene rings is 1. The fourth-order valence-corrected chi connectivity index (χ4v) is 2.16. The lowest BCUT2D eigenvalue weighted by molar-refractivity contribution is 0.435. The third-order valence-corrected chi connectivity index (χ3v) is 3.20. The molecule has 3 rings (SSSR count). The average Bonchev–Trinajstić information content (AvgIpc) is 2.84. The summed E-state index contributed by atoms with van der Waals surface area (Å²) in [6, 6.07) is 7.87. The second-order valence-corrected chi connectivity index (χ2v) is 4.76. The third-order valence-electron chi connectivity index (χ3n) is 3.20. The van der Waals surface area contributed by atoms with Crippen LogP contribution in [0.15, 0.2) is 34.9 Å². The van der Waals surface area contributed by atoms with E-state index in [0.717, 1.165) is 16.8 Å². The van der Waals surface area contributed by atoms with Crippen LogP contribution in [0, 0.1) is 19.7 Å². The number of aromatic nitrogens is 3. The maximum absolute atomic E-state index is 13.1. The summed E-state index contributed by atoms with van der Waals surface area (Å²) in [6.45, 7) is 3.67. The van der Waals surface area contributed by atoms with E-state index in [1.54, 1.807) is 12.1 Å². The molecule has 0 unspecified atom stereocenters. The van der Waals surface area contributed by atoms with E-state index in [9.17, 15) is 4.39 Å². The van der Waals surface area contributed by atoms with Crippen LogP contribution in [0.5, 0.6) is 0 Å². The first kappa shape index (κ1) is 13.2. The summed E-state index contributed by atoms with van der Waals surface area (Å²) in [6.07, 6.45) is 0. The van der Waals surface area contributed by atoms with E-state index in [0.29, 0.717) is 17.0 Å². The molecule has 0 spiro atoms. The van der Waals surface area contributed by atoms with Crippen molar-refractivity contribution in [1.29, 1.82) is 0 Å². The Kier molecular flexibility index (Phi) is 3.13. The summed E-state index contributed by atoms with van der Waals surface area (Å²) >= 11 is 0. The van der Waals surface area contributed by atoms with Gasteiger partial charge in [0.05, 0.1) is 17.0 Å². The minimum Gasteiger partial charge on any atom is -0.380 e. The molecule has 0 fully saturated rings. The lowest BCUT2D eigenvalue weighted by Crippen LogP contribution is -1.95. The topological polar surface area (TPSA) is 77.8 Å². The largest absolute Gasteiger partial charge is 0.380 e. The Morgan fingerprint density at radius 3 is 2.52 bits per heavy atom. The lowest BCUT2D eigenvalue weighted by Gasteiger charge is -2.05. The molecule has 2 heterocycles. The van der Waals surface area contributed by atoms with Gasteiger partial charge in [-0.2, -0.15) is 10.2 Å². The molecule has 106 valence electrons. The van der Waals surface area contributed by atoms with Crippen molar-refractivity contribution >= 4 is 5.82 Å². The number of rotatable bonds is 2. The minimum atomic E-state index is -0.312. The Morgan fingerprint density at radius 2 is 1.81 bits per heavy atom. The zero-order valence-electron chi connectivity index (χ0n) is 11.6. The molecular formula is C15H13FN4O. The summed E-state index contributed by atoms with van der Waals surface area (Å²) in [7, 11) is 0. The number of anilines is 1. The highest BCUT2D eigenvalue weighted by Gasteiger charge is 2.20. The summed E-state index contributed by atoms with van der Waals surface area (Å²) < 4.78 is 18.4. The first-order valence-corrected chi connectivity index (χ1v) is 6.38. The molecular weight excluding hydrogens is 271 g/mol. The van der Waals surface area contributed by atoms with Crippen LogP contribution < -0.4 is 5.73 Å². The Morgan fingerprint density at radius 1 is 1.10 bits per heavy atom. The van der Waals surface area contributed by atoms with Gasteiger partial charge < -0.3 is 10.3 Å². The molecule has 0 saturated heterocycles. The summed E-state index contributed by atoms with van der Waals surface area (Å²) in [5.41, 5.74) is 9.51. The van der Waals surface area contributed by atoms with Crippen LogP contribution in [0.4, 0.5) is 10.2 Å². The highest BCUT2D eigenvalue weighted by molar-refractivity contribution is 5.87. The van der Waals surface area contributed by atoms with E-state index < -0.39 is 0 Å². The SMILES string of the molecule is Cc1cc(-c2onc(N)c2-c2ccc(F)cc2)c(C)nn1. The van der Waals surface area contributed by atoms with Crippen molar-refractivity contribution in [3.63, 3.8) is 0 Å². The molecule has 5 nitrogen and oxygen atoms in total. The number of hydrogen-bond acceptors (Lipinski definition) is 5. The van der Waals surface area contributed by atoms with Gasteiger partial charge in [-0.05, 0) is 37.6 Å². The van der Waals surface area contributed by atoms with Crippen molar-refractivity contribution in [2.75, 3.05) is 5.73 Å². The molecule has 0 radical (unpaired) electrons. The van der Waals surface area contributed by atoms with E-state index in [1.807, 2.05) is 19.9 Å². The molecule has 0 aliphatic carbocycles. The van der Waals surface area contributed by atoms with Gasteiger partial charge in [0.1, 0.15) is 5.82 Å². The Bertz CT molecular complexity index is 796. The van der Waals surface area contributed by atoms with Crippen molar-refractivity contribution in [2.24, 2.45) is 0 Å². The van der Waals surface area contributed by atoms with Crippen LogP contribution in [0.1, 0.15) is 11.4 Å². The second-order valence-electron chi connectivity index (χ2n) is 4.76. The predicted molar refractivity (Wildman–Crippen MR) is 76.8 cm³/mol. The first-order chi connectivity index (χ1) is 10.1. The molecule has 6 heteroatoms. The molecule has 0 aliphatic rings. The zero-order valence-corrected chi connectivity index (χ0v) is 11.6. The zero-order chi connectivity index (χ0) is 15.0. The summed E-state index contributed by atoms with van der Waals surface area (Å²) in [5.74, 6) is 0.452. The number of hydrogen-bond donors (Lipinski definition) is 1. The van der Waals surface area contributed by atoms with Gasteiger partial charge in [0.15, 0.2) is 11.6 Å². The summed E-state index contributed by atoms with van der Waals surface area (Å²) in [4.78, 5) is 0. The molecule has 2 aromatic heterocycles. The van der Waals surface area contributed by atoms with Crippen LogP contribution in [-0.4, -0.2) is 15.4 Å². The number of nitrogens with zero attached hydrogens (tertiary/aromatic N) is 3. The van der Waals surface area contributed by atoms with Crippen molar-refractivity contribution in [2.45, 2.75) is 13.8 Å². The fourth-order valence-electron chi connectivity index (χ4n) is 2.16. The fraction of sp³-hybridized carbons (Fsp3) is 0.133. The standard InChI is InChI=1S/C15H13FN4O/c1-8-7-12(9(2)19-18-8)14-13(15(17)20-21-14)10-3-5-11(16)6-4-10/h3-7H,1-2H3,(H2,17,20). The molecule has 0 saturated carbocycles. The van der Waals surface area contributed by atoms with E-state index in [-0.39, 0.29) is 11.6 Å². The van der Waals surface area contributed by atoms with Crippen LogP contribution in [0.25, 0.3) is 22.5 Å². The van der Waals surface area contributed by atoms with Gasteiger partial charge in [0.25, 0.3) is 0 Å². The van der Waals surface area contributed by atoms with Gasteiger partial charge in [0, 0.05) is 5.56 Å². The van der Waals surface area contributed by atoms with Crippen LogP contribution in [-0.2, 0) is 0 Å². The highest BCUT2D eigenvalue weighted by Crippen LogP contribution is 2.37. The lowest BCUT2D eigenvalue weighted by atomic mass is 10.0. The van der Waals surface area contributed by atoms with Gasteiger partial charge in [-0.15, -0.1) is 0 Å².